The Labute approximate surface area is 118 Å². The number of pyridine rings is 2. The molecule has 0 saturated carbocycles. The van der Waals surface area contributed by atoms with Crippen LogP contribution in [0.25, 0.3) is 28.1 Å². The van der Waals surface area contributed by atoms with Crippen LogP contribution in [0.5, 0.6) is 5.75 Å². The molecule has 1 N–H and O–H groups in total. The lowest BCUT2D eigenvalue weighted by atomic mass is 10.1. The normalized spacial score (nSPS) is 11.3. The molecule has 0 bridgehead atoms. The van der Waals surface area contributed by atoms with E-state index >= 15 is 0 Å². The average molecular weight is 280 g/mol. The molecule has 0 atom stereocenters. The predicted molar refractivity (Wildman–Crippen MR) is 75.3 cm³/mol. The smallest absolute Gasteiger partial charge is 0.187 e. The Morgan fingerprint density at radius 3 is 2.81 bits per heavy atom. The summed E-state index contributed by atoms with van der Waals surface area (Å²) < 4.78 is 15.5. The van der Waals surface area contributed by atoms with Crippen molar-refractivity contribution < 1.29 is 9.50 Å². The summed E-state index contributed by atoms with van der Waals surface area (Å²) in [5.74, 6) is 0.0474. The largest absolute Gasteiger partial charge is 0.506 e. The van der Waals surface area contributed by atoms with Crippen LogP contribution in [0.1, 0.15) is 0 Å². The van der Waals surface area contributed by atoms with Crippen LogP contribution >= 0.6 is 0 Å². The lowest BCUT2D eigenvalue weighted by Crippen LogP contribution is -1.93. The average Bonchev–Trinajstić information content (AvgIpc) is 2.95. The van der Waals surface area contributed by atoms with E-state index < -0.39 is 5.82 Å². The van der Waals surface area contributed by atoms with E-state index in [1.807, 2.05) is 24.4 Å². The van der Waals surface area contributed by atoms with Crippen LogP contribution in [0.4, 0.5) is 4.39 Å². The van der Waals surface area contributed by atoms with Crippen molar-refractivity contribution in [2.75, 3.05) is 0 Å². The second kappa shape index (κ2) is 4.24. The molecule has 102 valence electrons. The summed E-state index contributed by atoms with van der Waals surface area (Å²) >= 11 is 0. The molecule has 4 rings (SSSR count). The summed E-state index contributed by atoms with van der Waals surface area (Å²) in [4.78, 5) is 4.31. The Morgan fingerprint density at radius 1 is 1.00 bits per heavy atom. The molecule has 0 aliphatic heterocycles. The molecule has 3 heterocycles. The number of hydrogen-bond donors (Lipinski definition) is 1. The number of nitrogens with zero attached hydrogens (tertiary/aromatic N) is 4. The van der Waals surface area contributed by atoms with E-state index in [1.165, 1.54) is 12.1 Å². The lowest BCUT2D eigenvalue weighted by Gasteiger charge is -2.04. The number of rotatable bonds is 1. The number of benzene rings is 1. The van der Waals surface area contributed by atoms with E-state index in [2.05, 4.69) is 15.2 Å². The minimum atomic E-state index is -0.423. The molecule has 0 spiro atoms. The van der Waals surface area contributed by atoms with Gasteiger partial charge in [0.05, 0.1) is 0 Å². The van der Waals surface area contributed by atoms with Crippen molar-refractivity contribution in [1.29, 1.82) is 0 Å². The van der Waals surface area contributed by atoms with Gasteiger partial charge in [-0.2, -0.15) is 0 Å². The summed E-state index contributed by atoms with van der Waals surface area (Å²) in [6.07, 6.45) is 1.82. The number of phenols is 1. The van der Waals surface area contributed by atoms with Gasteiger partial charge in [-0.25, -0.2) is 9.37 Å². The molecule has 6 heteroatoms. The summed E-state index contributed by atoms with van der Waals surface area (Å²) in [6.45, 7) is 0. The fraction of sp³-hybridized carbons (Fsp3) is 0. The first-order valence-corrected chi connectivity index (χ1v) is 6.32. The third kappa shape index (κ3) is 1.73. The van der Waals surface area contributed by atoms with Crippen molar-refractivity contribution in [3.05, 3.63) is 54.5 Å². The lowest BCUT2D eigenvalue weighted by molar-refractivity contribution is 0.479. The molecule has 3 aromatic heterocycles. The standard InChI is InChI=1S/C15H9FN4O/c16-10-5-7-12(21)14-9(10)4-6-11(17-14)15-19-18-13-3-1-2-8-20(13)15/h1-8,21H. The molecule has 0 aliphatic carbocycles. The summed E-state index contributed by atoms with van der Waals surface area (Å²) in [5.41, 5.74) is 1.42. The molecular formula is C15H9FN4O. The molecule has 0 unspecified atom stereocenters. The maximum Gasteiger partial charge on any atom is 0.187 e. The molecule has 0 saturated heterocycles. The van der Waals surface area contributed by atoms with Gasteiger partial charge < -0.3 is 5.11 Å². The van der Waals surface area contributed by atoms with Gasteiger partial charge in [0.1, 0.15) is 22.8 Å². The summed E-state index contributed by atoms with van der Waals surface area (Å²) in [5, 5.41) is 18.3. The number of hydrogen-bond acceptors (Lipinski definition) is 4. The van der Waals surface area contributed by atoms with Crippen molar-refractivity contribution in [2.24, 2.45) is 0 Å². The van der Waals surface area contributed by atoms with Gasteiger partial charge in [-0.15, -0.1) is 10.2 Å². The number of halogens is 1. The Kier molecular flexibility index (Phi) is 2.38. The molecule has 4 aromatic rings. The first kappa shape index (κ1) is 11.8. The van der Waals surface area contributed by atoms with Crippen LogP contribution in [0.15, 0.2) is 48.7 Å². The Balaban J connectivity index is 2.01. The summed E-state index contributed by atoms with van der Waals surface area (Å²) in [7, 11) is 0. The van der Waals surface area contributed by atoms with Gasteiger partial charge in [0.25, 0.3) is 0 Å². The van der Waals surface area contributed by atoms with Crippen LogP contribution in [0.2, 0.25) is 0 Å². The van der Waals surface area contributed by atoms with E-state index in [0.717, 1.165) is 0 Å². The molecule has 1 aromatic carbocycles. The van der Waals surface area contributed by atoms with Crippen molar-refractivity contribution in [3.8, 4) is 17.3 Å². The zero-order valence-electron chi connectivity index (χ0n) is 10.7. The van der Waals surface area contributed by atoms with Crippen LogP contribution in [-0.2, 0) is 0 Å². The number of fused-ring (bicyclic) bond motifs is 2. The highest BCUT2D eigenvalue weighted by molar-refractivity contribution is 5.86. The van der Waals surface area contributed by atoms with E-state index in [4.69, 9.17) is 0 Å². The van der Waals surface area contributed by atoms with Crippen LogP contribution in [0, 0.1) is 5.82 Å². The van der Waals surface area contributed by atoms with Gasteiger partial charge in [-0.05, 0) is 36.4 Å². The third-order valence-electron chi connectivity index (χ3n) is 3.33. The highest BCUT2D eigenvalue weighted by Gasteiger charge is 2.12. The van der Waals surface area contributed by atoms with E-state index in [1.54, 1.807) is 16.5 Å². The van der Waals surface area contributed by atoms with E-state index in [-0.39, 0.29) is 16.7 Å². The van der Waals surface area contributed by atoms with Crippen LogP contribution < -0.4 is 0 Å². The zero-order chi connectivity index (χ0) is 14.4. The van der Waals surface area contributed by atoms with Crippen molar-refractivity contribution in [2.45, 2.75) is 0 Å². The molecule has 0 amide bonds. The minimum absolute atomic E-state index is 0.0675. The number of aromatic hydroxyl groups is 1. The Hall–Kier alpha value is -3.02. The maximum atomic E-state index is 13.7. The third-order valence-corrected chi connectivity index (χ3v) is 3.33. The summed E-state index contributed by atoms with van der Waals surface area (Å²) in [6, 6.07) is 11.3. The van der Waals surface area contributed by atoms with Gasteiger partial charge in [0, 0.05) is 11.6 Å². The van der Waals surface area contributed by atoms with E-state index in [9.17, 15) is 9.50 Å². The highest BCUT2D eigenvalue weighted by Crippen LogP contribution is 2.27. The van der Waals surface area contributed by atoms with Gasteiger partial charge in [-0.3, -0.25) is 4.40 Å². The first-order valence-electron chi connectivity index (χ1n) is 6.32. The number of aromatic nitrogens is 4. The van der Waals surface area contributed by atoms with Crippen molar-refractivity contribution in [1.82, 2.24) is 19.6 Å². The van der Waals surface area contributed by atoms with Crippen molar-refractivity contribution >= 4 is 16.6 Å². The maximum absolute atomic E-state index is 13.7. The first-order chi connectivity index (χ1) is 10.2. The van der Waals surface area contributed by atoms with Gasteiger partial charge >= 0.3 is 0 Å². The SMILES string of the molecule is Oc1ccc(F)c2ccc(-c3nnc4ccccn34)nc12. The molecule has 21 heavy (non-hydrogen) atoms. The Bertz CT molecular complexity index is 980. The highest BCUT2D eigenvalue weighted by atomic mass is 19.1. The molecule has 0 aliphatic rings. The molecule has 5 nitrogen and oxygen atoms in total. The predicted octanol–water partition coefficient (Wildman–Crippen LogP) is 2.79. The van der Waals surface area contributed by atoms with Crippen LogP contribution in [-0.4, -0.2) is 24.7 Å². The topological polar surface area (TPSA) is 63.3 Å². The van der Waals surface area contributed by atoms with E-state index in [0.29, 0.717) is 17.2 Å². The zero-order valence-corrected chi connectivity index (χ0v) is 10.7. The second-order valence-corrected chi connectivity index (χ2v) is 4.61. The fourth-order valence-corrected chi connectivity index (χ4v) is 2.31. The second-order valence-electron chi connectivity index (χ2n) is 4.61. The molecule has 0 fully saturated rings. The number of phenolic OH excluding ortho intramolecular Hbond substituents is 1. The monoisotopic (exact) mass is 280 g/mol. The van der Waals surface area contributed by atoms with Gasteiger partial charge in [-0.1, -0.05) is 6.07 Å². The Morgan fingerprint density at radius 2 is 1.90 bits per heavy atom. The minimum Gasteiger partial charge on any atom is -0.506 e. The van der Waals surface area contributed by atoms with Gasteiger partial charge in [0.15, 0.2) is 11.5 Å². The molecule has 0 radical (unpaired) electrons. The van der Waals surface area contributed by atoms with Crippen molar-refractivity contribution in [3.63, 3.8) is 0 Å². The quantitative estimate of drug-likeness (QED) is 0.582. The fourth-order valence-electron chi connectivity index (χ4n) is 2.31. The van der Waals surface area contributed by atoms with Gasteiger partial charge in [0.2, 0.25) is 0 Å². The molecular weight excluding hydrogens is 271 g/mol. The van der Waals surface area contributed by atoms with Crippen LogP contribution in [0.3, 0.4) is 0 Å².